The summed E-state index contributed by atoms with van der Waals surface area (Å²) in [6.45, 7) is 9.28. The molecule has 1 aliphatic heterocycles. The van der Waals surface area contributed by atoms with Crippen molar-refractivity contribution in [1.29, 1.82) is 0 Å². The van der Waals surface area contributed by atoms with Crippen LogP contribution in [0.15, 0.2) is 47.6 Å². The number of anilines is 1. The number of ether oxygens (including phenoxy) is 2. The molecule has 0 fully saturated rings. The first-order chi connectivity index (χ1) is 16.5. The highest BCUT2D eigenvalue weighted by Crippen LogP contribution is 2.32. The topological polar surface area (TPSA) is 81.5 Å². The maximum Gasteiger partial charge on any atom is 0.230 e. The van der Waals surface area contributed by atoms with Crippen LogP contribution >= 0.6 is 11.8 Å². The first kappa shape index (κ1) is 23.9. The normalized spacial score (nSPS) is 13.4. The number of carbonyl (C=O) groups excluding carboxylic acids is 1. The van der Waals surface area contributed by atoms with Gasteiger partial charge in [0.1, 0.15) is 13.2 Å². The minimum Gasteiger partial charge on any atom is -0.486 e. The van der Waals surface area contributed by atoms with Gasteiger partial charge in [0.15, 0.2) is 22.5 Å². The van der Waals surface area contributed by atoms with Gasteiger partial charge in [-0.1, -0.05) is 17.8 Å². The predicted molar refractivity (Wildman–Crippen MR) is 135 cm³/mol. The quantitative estimate of drug-likeness (QED) is 0.462. The molecule has 34 heavy (non-hydrogen) atoms. The zero-order chi connectivity index (χ0) is 24.1. The molecule has 1 aliphatic rings. The Balaban J connectivity index is 1.35. The van der Waals surface area contributed by atoms with Crippen LogP contribution in [0.25, 0.3) is 11.4 Å². The van der Waals surface area contributed by atoms with Gasteiger partial charge >= 0.3 is 0 Å². The van der Waals surface area contributed by atoms with Crippen molar-refractivity contribution in [1.82, 2.24) is 20.1 Å². The van der Waals surface area contributed by atoms with E-state index >= 15 is 0 Å². The van der Waals surface area contributed by atoms with E-state index in [-0.39, 0.29) is 17.7 Å². The molecule has 2 aromatic carbocycles. The maximum absolute atomic E-state index is 12.6. The molecule has 0 spiro atoms. The Morgan fingerprint density at radius 2 is 1.79 bits per heavy atom. The average molecular weight is 482 g/mol. The van der Waals surface area contributed by atoms with E-state index < -0.39 is 0 Å². The van der Waals surface area contributed by atoms with Crippen LogP contribution < -0.4 is 19.7 Å². The average Bonchev–Trinajstić information content (AvgIpc) is 3.23. The van der Waals surface area contributed by atoms with Gasteiger partial charge in [-0.25, -0.2) is 0 Å². The Labute approximate surface area is 204 Å². The Kier molecular flexibility index (Phi) is 7.62. The lowest BCUT2D eigenvalue weighted by atomic mass is 10.1. The number of fused-ring (bicyclic) bond motifs is 1. The van der Waals surface area contributed by atoms with Crippen molar-refractivity contribution < 1.29 is 14.3 Å². The fraction of sp³-hybridized carbons (Fsp3) is 0.400. The molecule has 1 N–H and O–H groups in total. The molecular formula is C25H31N5O3S. The van der Waals surface area contributed by atoms with Gasteiger partial charge in [0.25, 0.3) is 0 Å². The van der Waals surface area contributed by atoms with Crippen LogP contribution in [0.3, 0.4) is 0 Å². The van der Waals surface area contributed by atoms with Gasteiger partial charge in [-0.05, 0) is 62.7 Å². The molecule has 8 nitrogen and oxygen atoms in total. The van der Waals surface area contributed by atoms with E-state index in [0.29, 0.717) is 18.4 Å². The van der Waals surface area contributed by atoms with E-state index in [1.807, 2.05) is 36.7 Å². The summed E-state index contributed by atoms with van der Waals surface area (Å²) in [7, 11) is 1.92. The van der Waals surface area contributed by atoms with Crippen molar-refractivity contribution in [3.63, 3.8) is 0 Å². The molecule has 0 bridgehead atoms. The van der Waals surface area contributed by atoms with E-state index in [1.54, 1.807) is 0 Å². The molecule has 3 aromatic rings. The number of rotatable bonds is 9. The molecule has 0 aliphatic carbocycles. The molecule has 0 radical (unpaired) electrons. The SMILES string of the molecule is CCN(CC)c1ccc(-c2nnc(SCC(=O)NC(C)c3ccc4c(c3)OCCO4)n2C)cc1. The first-order valence-electron chi connectivity index (χ1n) is 11.6. The van der Waals surface area contributed by atoms with E-state index in [1.165, 1.54) is 17.4 Å². The summed E-state index contributed by atoms with van der Waals surface area (Å²) in [6, 6.07) is 14.0. The monoisotopic (exact) mass is 481 g/mol. The maximum atomic E-state index is 12.6. The van der Waals surface area contributed by atoms with Gasteiger partial charge in [-0.15, -0.1) is 10.2 Å². The third-order valence-electron chi connectivity index (χ3n) is 5.87. The number of aromatic nitrogens is 3. The minimum absolute atomic E-state index is 0.0690. The van der Waals surface area contributed by atoms with Gasteiger partial charge < -0.3 is 24.3 Å². The molecule has 9 heteroatoms. The van der Waals surface area contributed by atoms with Gasteiger partial charge in [-0.3, -0.25) is 4.79 Å². The van der Waals surface area contributed by atoms with Crippen molar-refractivity contribution in [2.75, 3.05) is 37.0 Å². The van der Waals surface area contributed by atoms with Crippen LogP contribution in [-0.2, 0) is 11.8 Å². The van der Waals surface area contributed by atoms with Gasteiger partial charge in [0.2, 0.25) is 5.91 Å². The summed E-state index contributed by atoms with van der Waals surface area (Å²) in [6.07, 6.45) is 0. The number of hydrogen-bond acceptors (Lipinski definition) is 7. The molecule has 1 unspecified atom stereocenters. The van der Waals surface area contributed by atoms with Crippen LogP contribution in [-0.4, -0.2) is 52.7 Å². The van der Waals surface area contributed by atoms with E-state index in [0.717, 1.165) is 41.5 Å². The van der Waals surface area contributed by atoms with Gasteiger partial charge in [0.05, 0.1) is 11.8 Å². The highest BCUT2D eigenvalue weighted by Gasteiger charge is 2.17. The van der Waals surface area contributed by atoms with Crippen LogP contribution in [0.4, 0.5) is 5.69 Å². The van der Waals surface area contributed by atoms with Crippen LogP contribution in [0.5, 0.6) is 11.5 Å². The molecular weight excluding hydrogens is 450 g/mol. The Morgan fingerprint density at radius 1 is 1.09 bits per heavy atom. The predicted octanol–water partition coefficient (Wildman–Crippen LogP) is 4.07. The van der Waals surface area contributed by atoms with E-state index in [2.05, 4.69) is 58.5 Å². The molecule has 0 saturated heterocycles. The molecule has 2 heterocycles. The number of benzene rings is 2. The van der Waals surface area contributed by atoms with Crippen molar-refractivity contribution in [2.24, 2.45) is 7.05 Å². The van der Waals surface area contributed by atoms with Crippen LogP contribution in [0, 0.1) is 0 Å². The first-order valence-corrected chi connectivity index (χ1v) is 12.5. The van der Waals surface area contributed by atoms with E-state index in [4.69, 9.17) is 9.47 Å². The summed E-state index contributed by atoms with van der Waals surface area (Å²) in [5, 5.41) is 12.4. The number of amides is 1. The van der Waals surface area contributed by atoms with Crippen molar-refractivity contribution >= 4 is 23.4 Å². The number of thioether (sulfide) groups is 1. The molecule has 4 rings (SSSR count). The second-order valence-electron chi connectivity index (χ2n) is 8.07. The Hall–Kier alpha value is -3.20. The summed E-state index contributed by atoms with van der Waals surface area (Å²) in [5.74, 6) is 2.42. The van der Waals surface area contributed by atoms with Gasteiger partial charge in [-0.2, -0.15) is 0 Å². The van der Waals surface area contributed by atoms with Crippen LogP contribution in [0.2, 0.25) is 0 Å². The lowest BCUT2D eigenvalue weighted by molar-refractivity contribution is -0.119. The third-order valence-corrected chi connectivity index (χ3v) is 6.89. The van der Waals surface area contributed by atoms with E-state index in [9.17, 15) is 4.79 Å². The number of carbonyl (C=O) groups is 1. The summed E-state index contributed by atoms with van der Waals surface area (Å²) in [5.41, 5.74) is 3.15. The van der Waals surface area contributed by atoms with Crippen LogP contribution in [0.1, 0.15) is 32.4 Å². The van der Waals surface area contributed by atoms with Crippen molar-refractivity contribution in [2.45, 2.75) is 32.0 Å². The minimum atomic E-state index is -0.150. The third kappa shape index (κ3) is 5.30. The Bertz CT molecular complexity index is 1130. The Morgan fingerprint density at radius 3 is 2.50 bits per heavy atom. The zero-order valence-corrected chi connectivity index (χ0v) is 20.9. The second kappa shape index (κ2) is 10.8. The number of hydrogen-bond donors (Lipinski definition) is 1. The standard InChI is InChI=1S/C25H31N5O3S/c1-5-30(6-2)20-10-7-18(8-11-20)24-27-28-25(29(24)4)34-16-23(31)26-17(3)19-9-12-21-22(15-19)33-14-13-32-21/h7-12,15,17H,5-6,13-14,16H2,1-4H3,(H,26,31). The smallest absolute Gasteiger partial charge is 0.230 e. The number of nitrogens with zero attached hydrogens (tertiary/aromatic N) is 4. The molecule has 180 valence electrons. The lowest BCUT2D eigenvalue weighted by Crippen LogP contribution is -2.28. The summed E-state index contributed by atoms with van der Waals surface area (Å²) >= 11 is 1.37. The summed E-state index contributed by atoms with van der Waals surface area (Å²) in [4.78, 5) is 14.9. The van der Waals surface area contributed by atoms with Gasteiger partial charge in [0, 0.05) is 31.4 Å². The van der Waals surface area contributed by atoms with Crippen molar-refractivity contribution in [3.8, 4) is 22.9 Å². The lowest BCUT2D eigenvalue weighted by Gasteiger charge is -2.21. The van der Waals surface area contributed by atoms with Crippen molar-refractivity contribution in [3.05, 3.63) is 48.0 Å². The second-order valence-corrected chi connectivity index (χ2v) is 9.01. The fourth-order valence-corrected chi connectivity index (χ4v) is 4.65. The zero-order valence-electron chi connectivity index (χ0n) is 20.1. The fourth-order valence-electron chi connectivity index (χ4n) is 3.93. The molecule has 1 atom stereocenters. The molecule has 0 saturated carbocycles. The summed E-state index contributed by atoms with van der Waals surface area (Å²) < 4.78 is 13.1. The molecule has 1 aromatic heterocycles. The largest absolute Gasteiger partial charge is 0.486 e. The highest BCUT2D eigenvalue weighted by molar-refractivity contribution is 7.99. The highest BCUT2D eigenvalue weighted by atomic mass is 32.2. The molecule has 1 amide bonds. The number of nitrogens with one attached hydrogen (secondary N) is 1.